The second kappa shape index (κ2) is 16.6. The number of primary amides is 1. The largest absolute Gasteiger partial charge is 0.471 e. The third-order valence-electron chi connectivity index (χ3n) is 6.88. The first-order valence-corrected chi connectivity index (χ1v) is 14.3. The van der Waals surface area contributed by atoms with Gasteiger partial charge < -0.3 is 20.6 Å². The minimum atomic E-state index is -0.315. The normalized spacial score (nSPS) is 18.1. The molecule has 3 N–H and O–H groups in total. The van der Waals surface area contributed by atoms with Crippen molar-refractivity contribution in [3.05, 3.63) is 41.0 Å². The number of rotatable bonds is 12. The molecule has 1 aliphatic rings. The SMILES string of the molecule is Cc1ncsc1-c1ccc(C(C)CCCCNC(=O)C(C(C)C)C2ON=C(OCC=O)CC2C)cc1.NC=O. The number of benzene rings is 1. The molecule has 1 aromatic heterocycles. The van der Waals surface area contributed by atoms with E-state index in [2.05, 4.69) is 52.4 Å². The maximum atomic E-state index is 13.0. The number of oxime groups is 1. The number of amides is 2. The van der Waals surface area contributed by atoms with Gasteiger partial charge in [0.05, 0.1) is 22.0 Å². The minimum absolute atomic E-state index is 0.0105. The van der Waals surface area contributed by atoms with Gasteiger partial charge in [-0.25, -0.2) is 4.98 Å². The van der Waals surface area contributed by atoms with Crippen molar-refractivity contribution in [2.75, 3.05) is 13.2 Å². The average molecular weight is 559 g/mol. The number of aldehydes is 1. The van der Waals surface area contributed by atoms with Crippen LogP contribution in [-0.4, -0.2) is 48.7 Å². The summed E-state index contributed by atoms with van der Waals surface area (Å²) in [6.07, 6.45) is 4.22. The van der Waals surface area contributed by atoms with Crippen molar-refractivity contribution >= 4 is 35.8 Å². The van der Waals surface area contributed by atoms with Crippen molar-refractivity contribution in [2.45, 2.75) is 72.3 Å². The molecule has 9 nitrogen and oxygen atoms in total. The predicted molar refractivity (Wildman–Crippen MR) is 154 cm³/mol. The molecule has 0 saturated heterocycles. The maximum absolute atomic E-state index is 13.0. The number of unbranched alkanes of at least 4 members (excludes halogenated alkanes) is 1. The zero-order valence-corrected chi connectivity index (χ0v) is 24.4. The van der Waals surface area contributed by atoms with Crippen LogP contribution in [0.3, 0.4) is 0 Å². The molecule has 10 heteroatoms. The Balaban J connectivity index is 0.00000170. The van der Waals surface area contributed by atoms with Gasteiger partial charge in [-0.3, -0.25) is 14.4 Å². The average Bonchev–Trinajstić information content (AvgIpc) is 3.34. The molecule has 4 atom stereocenters. The lowest BCUT2D eigenvalue weighted by molar-refractivity contribution is -0.136. The second-order valence-corrected chi connectivity index (χ2v) is 11.1. The third kappa shape index (κ3) is 9.76. The van der Waals surface area contributed by atoms with Gasteiger partial charge in [0, 0.05) is 18.9 Å². The molecule has 0 spiro atoms. The molecule has 2 amide bonds. The summed E-state index contributed by atoms with van der Waals surface area (Å²) >= 11 is 1.68. The first-order valence-electron chi connectivity index (χ1n) is 13.5. The van der Waals surface area contributed by atoms with E-state index in [0.29, 0.717) is 31.1 Å². The van der Waals surface area contributed by atoms with E-state index in [4.69, 9.17) is 14.4 Å². The van der Waals surface area contributed by atoms with Gasteiger partial charge in [0.2, 0.25) is 18.2 Å². The number of carbonyl (C=O) groups excluding carboxylic acids is 3. The highest BCUT2D eigenvalue weighted by Gasteiger charge is 2.39. The summed E-state index contributed by atoms with van der Waals surface area (Å²) in [7, 11) is 0. The molecule has 214 valence electrons. The van der Waals surface area contributed by atoms with Crippen LogP contribution in [0.1, 0.15) is 70.6 Å². The molecule has 0 radical (unpaired) electrons. The van der Waals surface area contributed by atoms with E-state index in [1.165, 1.54) is 16.0 Å². The maximum Gasteiger partial charge on any atom is 0.227 e. The van der Waals surface area contributed by atoms with E-state index >= 15 is 0 Å². The lowest BCUT2D eigenvalue weighted by Gasteiger charge is -2.34. The fourth-order valence-electron chi connectivity index (χ4n) is 4.73. The molecule has 0 aliphatic carbocycles. The monoisotopic (exact) mass is 558 g/mol. The summed E-state index contributed by atoms with van der Waals surface area (Å²) in [5.41, 5.74) is 9.70. The Morgan fingerprint density at radius 2 is 1.92 bits per heavy atom. The summed E-state index contributed by atoms with van der Waals surface area (Å²) in [5, 5.41) is 7.14. The van der Waals surface area contributed by atoms with Gasteiger partial charge in [-0.2, -0.15) is 0 Å². The highest BCUT2D eigenvalue weighted by Crippen LogP contribution is 2.31. The van der Waals surface area contributed by atoms with Crippen molar-refractivity contribution in [2.24, 2.45) is 28.6 Å². The smallest absolute Gasteiger partial charge is 0.227 e. The number of ether oxygens (including phenoxy) is 1. The van der Waals surface area contributed by atoms with Gasteiger partial charge in [-0.05, 0) is 42.7 Å². The molecule has 0 fully saturated rings. The second-order valence-electron chi connectivity index (χ2n) is 10.2. The summed E-state index contributed by atoms with van der Waals surface area (Å²) < 4.78 is 5.28. The Labute approximate surface area is 235 Å². The van der Waals surface area contributed by atoms with Gasteiger partial charge in [-0.1, -0.05) is 63.5 Å². The highest BCUT2D eigenvalue weighted by molar-refractivity contribution is 7.13. The minimum Gasteiger partial charge on any atom is -0.471 e. The molecule has 3 rings (SSSR count). The number of nitrogens with one attached hydrogen (secondary N) is 1. The standard InChI is InChI=1S/C28H39N3O4S.CH3NO/c1-18(2)25(26-20(4)16-24(31-35-26)34-15-14-32)28(33)29-13-7-6-8-19(3)22-9-11-23(12-10-22)27-21(5)30-17-36-27;2-1-3/h9-12,14,17-20,25-26H,6-8,13,15-16H2,1-5H3,(H,29,33);1H,(H2,2,3). The van der Waals surface area contributed by atoms with E-state index in [-0.39, 0.29) is 42.8 Å². The fraction of sp³-hybridized carbons (Fsp3) is 0.552. The molecule has 0 bridgehead atoms. The van der Waals surface area contributed by atoms with E-state index < -0.39 is 0 Å². The van der Waals surface area contributed by atoms with Crippen molar-refractivity contribution in [1.82, 2.24) is 10.3 Å². The van der Waals surface area contributed by atoms with Crippen LogP contribution in [0, 0.1) is 24.7 Å². The Bertz CT molecular complexity index is 1070. The number of thiazole rings is 1. The predicted octanol–water partition coefficient (Wildman–Crippen LogP) is 4.84. The lowest BCUT2D eigenvalue weighted by Crippen LogP contribution is -2.46. The first-order chi connectivity index (χ1) is 18.7. The van der Waals surface area contributed by atoms with Crippen LogP contribution < -0.4 is 11.1 Å². The van der Waals surface area contributed by atoms with Crippen LogP contribution in [0.25, 0.3) is 10.4 Å². The number of nitrogens with zero attached hydrogens (tertiary/aromatic N) is 2. The number of aromatic nitrogens is 1. The van der Waals surface area contributed by atoms with Crippen LogP contribution in [-0.2, 0) is 24.0 Å². The van der Waals surface area contributed by atoms with E-state index in [0.717, 1.165) is 25.0 Å². The lowest BCUT2D eigenvalue weighted by atomic mass is 9.81. The summed E-state index contributed by atoms with van der Waals surface area (Å²) in [5.74, 6) is 0.769. The van der Waals surface area contributed by atoms with Gasteiger partial charge in [0.15, 0.2) is 6.29 Å². The Morgan fingerprint density at radius 3 is 2.49 bits per heavy atom. The molecule has 1 aromatic carbocycles. The number of hydrogen-bond donors (Lipinski definition) is 2. The Kier molecular flexibility index (Phi) is 13.6. The van der Waals surface area contributed by atoms with Gasteiger partial charge >= 0.3 is 0 Å². The molecule has 2 heterocycles. The molecule has 0 saturated carbocycles. The van der Waals surface area contributed by atoms with Crippen molar-refractivity contribution < 1.29 is 24.0 Å². The quantitative estimate of drug-likeness (QED) is 0.283. The van der Waals surface area contributed by atoms with E-state index in [1.807, 2.05) is 33.2 Å². The molecule has 2 aromatic rings. The molecule has 39 heavy (non-hydrogen) atoms. The Morgan fingerprint density at radius 1 is 1.23 bits per heavy atom. The van der Waals surface area contributed by atoms with Gasteiger partial charge in [0.25, 0.3) is 0 Å². The number of nitrogens with two attached hydrogens (primary N) is 1. The topological polar surface area (TPSA) is 133 Å². The van der Waals surface area contributed by atoms with Crippen molar-refractivity contribution in [3.63, 3.8) is 0 Å². The summed E-state index contributed by atoms with van der Waals surface area (Å²) in [6, 6.07) is 8.82. The summed E-state index contributed by atoms with van der Waals surface area (Å²) in [4.78, 5) is 43.4. The van der Waals surface area contributed by atoms with Crippen molar-refractivity contribution in [3.8, 4) is 10.4 Å². The van der Waals surface area contributed by atoms with Crippen LogP contribution in [0.2, 0.25) is 0 Å². The van der Waals surface area contributed by atoms with Crippen LogP contribution >= 0.6 is 11.3 Å². The first kappa shape index (κ1) is 31.9. The Hall–Kier alpha value is -3.27. The number of hydrogen-bond acceptors (Lipinski definition) is 8. The van der Waals surface area contributed by atoms with Gasteiger partial charge in [0.1, 0.15) is 12.7 Å². The highest BCUT2D eigenvalue weighted by atomic mass is 32.1. The third-order valence-corrected chi connectivity index (χ3v) is 7.85. The molecular weight excluding hydrogens is 516 g/mol. The van der Waals surface area contributed by atoms with Crippen LogP contribution in [0.5, 0.6) is 0 Å². The van der Waals surface area contributed by atoms with Crippen LogP contribution in [0.4, 0.5) is 0 Å². The number of aryl methyl sites for hydroxylation is 1. The fourth-order valence-corrected chi connectivity index (χ4v) is 5.54. The van der Waals surface area contributed by atoms with Crippen molar-refractivity contribution in [1.29, 1.82) is 0 Å². The number of carbonyl (C=O) groups is 3. The van der Waals surface area contributed by atoms with E-state index in [9.17, 15) is 9.59 Å². The summed E-state index contributed by atoms with van der Waals surface area (Å²) in [6.45, 7) is 11.0. The van der Waals surface area contributed by atoms with Crippen LogP contribution in [0.15, 0.2) is 34.9 Å². The zero-order chi connectivity index (χ0) is 28.8. The zero-order valence-electron chi connectivity index (χ0n) is 23.6. The molecule has 4 unspecified atom stereocenters. The van der Waals surface area contributed by atoms with Gasteiger partial charge in [-0.15, -0.1) is 11.3 Å². The molecular formula is C29H42N4O5S. The van der Waals surface area contributed by atoms with E-state index in [1.54, 1.807) is 11.3 Å². The molecule has 1 aliphatic heterocycles.